The van der Waals surface area contributed by atoms with E-state index in [-0.39, 0.29) is 33.5 Å². The van der Waals surface area contributed by atoms with Crippen LogP contribution in [0.1, 0.15) is 55.6 Å². The molecule has 9 heteroatoms. The Kier molecular flexibility index (Phi) is 6.29. The fourth-order valence-corrected chi connectivity index (χ4v) is 5.92. The number of fused-ring (bicyclic) bond motifs is 2. The van der Waals surface area contributed by atoms with Crippen molar-refractivity contribution >= 4 is 50.7 Å². The monoisotopic (exact) mass is 556 g/mol. The lowest BCUT2D eigenvalue weighted by Crippen LogP contribution is -2.29. The van der Waals surface area contributed by atoms with Crippen molar-refractivity contribution in [2.75, 3.05) is 4.90 Å². The van der Waals surface area contributed by atoms with Crippen LogP contribution in [-0.4, -0.2) is 16.7 Å². The zero-order valence-electron chi connectivity index (χ0n) is 20.9. The number of aryl methyl sites for hydroxylation is 1. The van der Waals surface area contributed by atoms with Gasteiger partial charge in [0, 0.05) is 11.9 Å². The summed E-state index contributed by atoms with van der Waals surface area (Å²) in [4.78, 5) is 46.2. The van der Waals surface area contributed by atoms with Crippen molar-refractivity contribution in [3.05, 3.63) is 121 Å². The highest BCUT2D eigenvalue weighted by molar-refractivity contribution is 7.17. The topological polar surface area (TPSA) is 89.7 Å². The molecule has 1 aliphatic heterocycles. The third-order valence-corrected chi connectivity index (χ3v) is 8.08. The van der Waals surface area contributed by atoms with Crippen LogP contribution in [-0.2, 0) is 6.61 Å². The predicted octanol–water partition coefficient (Wildman–Crippen LogP) is 6.74. The van der Waals surface area contributed by atoms with Crippen LogP contribution in [0.4, 0.5) is 5.13 Å². The number of amides is 1. The molecular weight excluding hydrogens is 536 g/mol. The van der Waals surface area contributed by atoms with Gasteiger partial charge in [-0.15, -0.1) is 0 Å². The molecule has 0 bridgehead atoms. The first-order valence-corrected chi connectivity index (χ1v) is 13.4. The average molecular weight is 557 g/mol. The number of hydrogen-bond donors (Lipinski definition) is 0. The molecule has 3 aromatic carbocycles. The van der Waals surface area contributed by atoms with Crippen LogP contribution in [0.25, 0.3) is 11.0 Å². The van der Waals surface area contributed by atoms with Crippen LogP contribution in [0.5, 0.6) is 5.75 Å². The smallest absolute Gasteiger partial charge is 0.297 e. The van der Waals surface area contributed by atoms with Gasteiger partial charge in [0.25, 0.3) is 5.91 Å². The molecule has 1 atom stereocenters. The Morgan fingerprint density at radius 3 is 2.51 bits per heavy atom. The van der Waals surface area contributed by atoms with Crippen molar-refractivity contribution < 1.29 is 18.7 Å². The highest BCUT2D eigenvalue weighted by atomic mass is 35.5. The maximum atomic E-state index is 13.8. The molecule has 6 rings (SSSR count). The van der Waals surface area contributed by atoms with Crippen molar-refractivity contribution in [2.45, 2.75) is 26.5 Å². The standard InChI is InChI=1S/C30H21ClN2O5S/c1-16-28(17(2)34)39-30(32-16)33-25(19-8-11-21(12-9-19)37-15-18-6-4-3-5-7-18)24-26(35)22-14-20(31)10-13-23(22)38-27(24)29(33)36/h3-14,25H,15H2,1-2H3. The summed E-state index contributed by atoms with van der Waals surface area (Å²) in [6.45, 7) is 3.58. The number of aromatic nitrogens is 1. The summed E-state index contributed by atoms with van der Waals surface area (Å²) in [7, 11) is 0. The minimum atomic E-state index is -0.819. The number of halogens is 1. The summed E-state index contributed by atoms with van der Waals surface area (Å²) in [6, 6.07) is 20.9. The first kappa shape index (κ1) is 25.0. The maximum Gasteiger partial charge on any atom is 0.297 e. The van der Waals surface area contributed by atoms with Gasteiger partial charge in [-0.05, 0) is 48.4 Å². The molecule has 194 valence electrons. The fraction of sp³-hybridized carbons (Fsp3) is 0.133. The number of carbonyl (C=O) groups excluding carboxylic acids is 2. The summed E-state index contributed by atoms with van der Waals surface area (Å²) >= 11 is 7.29. The normalized spacial score (nSPS) is 14.6. The lowest BCUT2D eigenvalue weighted by atomic mass is 9.98. The lowest BCUT2D eigenvalue weighted by molar-refractivity contribution is 0.0969. The Bertz CT molecular complexity index is 1810. The molecule has 0 saturated carbocycles. The first-order chi connectivity index (χ1) is 18.8. The molecule has 0 aliphatic carbocycles. The van der Waals surface area contributed by atoms with E-state index in [0.717, 1.165) is 16.9 Å². The van der Waals surface area contributed by atoms with Gasteiger partial charge in [0.15, 0.2) is 16.3 Å². The number of carbonyl (C=O) groups is 2. The van der Waals surface area contributed by atoms with Crippen molar-refractivity contribution in [1.82, 2.24) is 4.98 Å². The molecule has 2 aromatic heterocycles. The Balaban J connectivity index is 1.46. The van der Waals surface area contributed by atoms with Crippen molar-refractivity contribution in [1.29, 1.82) is 0 Å². The van der Waals surface area contributed by atoms with E-state index in [2.05, 4.69) is 4.98 Å². The van der Waals surface area contributed by atoms with Crippen molar-refractivity contribution in [2.24, 2.45) is 0 Å². The molecule has 0 radical (unpaired) electrons. The SMILES string of the molecule is CC(=O)c1sc(N2C(=O)c3oc4ccc(Cl)cc4c(=O)c3C2c2ccc(OCc3ccccc3)cc2)nc1C. The molecule has 7 nitrogen and oxygen atoms in total. The number of anilines is 1. The van der Waals surface area contributed by atoms with Gasteiger partial charge in [0.1, 0.15) is 17.9 Å². The van der Waals surface area contributed by atoms with E-state index in [1.807, 2.05) is 42.5 Å². The Hall–Kier alpha value is -4.27. The minimum Gasteiger partial charge on any atom is -0.489 e. The highest BCUT2D eigenvalue weighted by Crippen LogP contribution is 2.43. The molecule has 1 unspecified atom stereocenters. The van der Waals surface area contributed by atoms with Crippen LogP contribution in [0.3, 0.4) is 0 Å². The first-order valence-electron chi connectivity index (χ1n) is 12.2. The maximum absolute atomic E-state index is 13.8. The second-order valence-corrected chi connectivity index (χ2v) is 10.6. The zero-order valence-corrected chi connectivity index (χ0v) is 22.5. The number of ketones is 1. The van der Waals surface area contributed by atoms with Gasteiger partial charge in [0.2, 0.25) is 5.76 Å². The van der Waals surface area contributed by atoms with Crippen molar-refractivity contribution in [3.8, 4) is 5.75 Å². The molecule has 0 N–H and O–H groups in total. The number of thiazole rings is 1. The second kappa shape index (κ2) is 9.80. The van der Waals surface area contributed by atoms with Gasteiger partial charge in [-0.2, -0.15) is 0 Å². The molecule has 5 aromatic rings. The van der Waals surface area contributed by atoms with Crippen LogP contribution in [0, 0.1) is 6.92 Å². The summed E-state index contributed by atoms with van der Waals surface area (Å²) in [5.74, 6) is -0.0647. The molecule has 0 fully saturated rings. The van der Waals surface area contributed by atoms with Crippen LogP contribution < -0.4 is 15.1 Å². The van der Waals surface area contributed by atoms with E-state index in [4.69, 9.17) is 20.8 Å². The van der Waals surface area contributed by atoms with Gasteiger partial charge in [-0.3, -0.25) is 19.3 Å². The van der Waals surface area contributed by atoms with E-state index in [1.165, 1.54) is 17.9 Å². The third kappa shape index (κ3) is 4.41. The largest absolute Gasteiger partial charge is 0.489 e. The van der Waals surface area contributed by atoms with Crippen LogP contribution >= 0.6 is 22.9 Å². The highest BCUT2D eigenvalue weighted by Gasteiger charge is 2.45. The molecular formula is C30H21ClN2O5S. The van der Waals surface area contributed by atoms with Crippen LogP contribution in [0.2, 0.25) is 5.02 Å². The van der Waals surface area contributed by atoms with Gasteiger partial charge in [-0.25, -0.2) is 4.98 Å². The lowest BCUT2D eigenvalue weighted by Gasteiger charge is -2.22. The predicted molar refractivity (Wildman–Crippen MR) is 150 cm³/mol. The quantitative estimate of drug-likeness (QED) is 0.215. The minimum absolute atomic E-state index is 0.0542. The van der Waals surface area contributed by atoms with Gasteiger partial charge in [-0.1, -0.05) is 65.4 Å². The number of nitrogens with zero attached hydrogens (tertiary/aromatic N) is 2. The van der Waals surface area contributed by atoms with E-state index >= 15 is 0 Å². The van der Waals surface area contributed by atoms with E-state index in [1.54, 1.807) is 31.2 Å². The Labute approximate surface area is 232 Å². The molecule has 0 spiro atoms. The Morgan fingerprint density at radius 1 is 1.08 bits per heavy atom. The zero-order chi connectivity index (χ0) is 27.3. The van der Waals surface area contributed by atoms with E-state index in [9.17, 15) is 14.4 Å². The molecule has 39 heavy (non-hydrogen) atoms. The number of Topliss-reactive ketones (excluding diaryl/α,β-unsaturated/α-hetero) is 1. The van der Waals surface area contributed by atoms with E-state index < -0.39 is 11.9 Å². The van der Waals surface area contributed by atoms with Crippen LogP contribution in [0.15, 0.2) is 82.0 Å². The summed E-state index contributed by atoms with van der Waals surface area (Å²) in [5, 5.41) is 0.975. The Morgan fingerprint density at radius 2 is 1.82 bits per heavy atom. The number of ether oxygens (including phenoxy) is 1. The van der Waals surface area contributed by atoms with Crippen molar-refractivity contribution in [3.63, 3.8) is 0 Å². The number of benzene rings is 3. The fourth-order valence-electron chi connectivity index (χ4n) is 4.76. The summed E-state index contributed by atoms with van der Waals surface area (Å²) in [6.07, 6.45) is 0. The molecule has 1 amide bonds. The third-order valence-electron chi connectivity index (χ3n) is 6.59. The average Bonchev–Trinajstić information content (AvgIpc) is 3.46. The van der Waals surface area contributed by atoms with Gasteiger partial charge in [0.05, 0.1) is 27.6 Å². The number of hydrogen-bond acceptors (Lipinski definition) is 7. The summed E-state index contributed by atoms with van der Waals surface area (Å²) in [5.41, 5.74) is 2.34. The summed E-state index contributed by atoms with van der Waals surface area (Å²) < 4.78 is 11.9. The number of rotatable bonds is 6. The van der Waals surface area contributed by atoms with Gasteiger partial charge < -0.3 is 9.15 Å². The van der Waals surface area contributed by atoms with Gasteiger partial charge >= 0.3 is 0 Å². The molecule has 0 saturated heterocycles. The molecule has 1 aliphatic rings. The second-order valence-electron chi connectivity index (χ2n) is 9.20. The van der Waals surface area contributed by atoms with E-state index in [0.29, 0.717) is 38.6 Å². The molecule has 3 heterocycles.